The number of likely N-dealkylation sites (tertiary alicyclic amines) is 1. The molecule has 4 heteroatoms. The van der Waals surface area contributed by atoms with E-state index in [-0.39, 0.29) is 12.2 Å². The summed E-state index contributed by atoms with van der Waals surface area (Å²) >= 11 is 0. The van der Waals surface area contributed by atoms with Crippen LogP contribution in [0, 0.1) is 0 Å². The molecule has 14 heavy (non-hydrogen) atoms. The molecule has 0 aromatic rings. The number of amides is 1. The van der Waals surface area contributed by atoms with Gasteiger partial charge in [0.05, 0.1) is 6.54 Å². The topological polar surface area (TPSA) is 41.6 Å². The summed E-state index contributed by atoms with van der Waals surface area (Å²) in [5.41, 5.74) is 0. The van der Waals surface area contributed by atoms with Gasteiger partial charge < -0.3 is 15.0 Å². The Bertz CT molecular complexity index is 202. The molecule has 0 radical (unpaired) electrons. The van der Waals surface area contributed by atoms with E-state index < -0.39 is 0 Å². The number of nitrogens with one attached hydrogen (secondary N) is 1. The molecule has 2 heterocycles. The molecule has 0 aromatic carbocycles. The second kappa shape index (κ2) is 4.64. The Morgan fingerprint density at radius 3 is 2.79 bits per heavy atom. The highest BCUT2D eigenvalue weighted by atomic mass is 16.6. The van der Waals surface area contributed by atoms with Gasteiger partial charge in [0.15, 0.2) is 0 Å². The summed E-state index contributed by atoms with van der Waals surface area (Å²) in [5, 5.41) is 2.68. The van der Waals surface area contributed by atoms with Gasteiger partial charge in [-0.15, -0.1) is 0 Å². The van der Waals surface area contributed by atoms with Crippen LogP contribution in [-0.4, -0.2) is 43.3 Å². The van der Waals surface area contributed by atoms with E-state index in [1.54, 1.807) is 0 Å². The predicted molar refractivity (Wildman–Crippen MR) is 53.2 cm³/mol. The van der Waals surface area contributed by atoms with Crippen LogP contribution in [0.15, 0.2) is 0 Å². The van der Waals surface area contributed by atoms with Crippen molar-refractivity contribution in [2.45, 2.75) is 31.8 Å². The van der Waals surface area contributed by atoms with E-state index in [1.807, 2.05) is 0 Å². The molecule has 1 N–H and O–H groups in total. The number of carbonyl (C=O) groups excluding carboxylic acids is 1. The minimum absolute atomic E-state index is 0.101. The van der Waals surface area contributed by atoms with E-state index in [2.05, 4.69) is 10.2 Å². The Kier molecular flexibility index (Phi) is 3.24. The molecule has 0 saturated carbocycles. The summed E-state index contributed by atoms with van der Waals surface area (Å²) in [6.45, 7) is 4.19. The molecule has 2 rings (SSSR count). The van der Waals surface area contributed by atoms with E-state index in [0.29, 0.717) is 6.54 Å². The Morgan fingerprint density at radius 2 is 2.14 bits per heavy atom. The van der Waals surface area contributed by atoms with Crippen molar-refractivity contribution in [3.63, 3.8) is 0 Å². The van der Waals surface area contributed by atoms with Crippen LogP contribution in [-0.2, 0) is 4.74 Å². The Balaban J connectivity index is 1.63. The SMILES string of the molecule is O=C1NCC(CCN2CCCCC2)O1. The van der Waals surface area contributed by atoms with E-state index in [4.69, 9.17) is 4.74 Å². The minimum Gasteiger partial charge on any atom is -0.444 e. The molecule has 0 aromatic heterocycles. The van der Waals surface area contributed by atoms with Crippen LogP contribution < -0.4 is 5.32 Å². The highest BCUT2D eigenvalue weighted by Gasteiger charge is 2.23. The van der Waals surface area contributed by atoms with Gasteiger partial charge in [-0.1, -0.05) is 6.42 Å². The average Bonchev–Trinajstić information content (AvgIpc) is 2.63. The first kappa shape index (κ1) is 9.77. The highest BCUT2D eigenvalue weighted by Crippen LogP contribution is 2.11. The van der Waals surface area contributed by atoms with E-state index in [1.165, 1.54) is 32.4 Å². The molecule has 80 valence electrons. The molecule has 1 atom stereocenters. The van der Waals surface area contributed by atoms with E-state index >= 15 is 0 Å². The van der Waals surface area contributed by atoms with Crippen LogP contribution >= 0.6 is 0 Å². The molecule has 1 amide bonds. The largest absolute Gasteiger partial charge is 0.444 e. The Labute approximate surface area is 84.6 Å². The van der Waals surface area contributed by atoms with Gasteiger partial charge in [-0.3, -0.25) is 0 Å². The summed E-state index contributed by atoms with van der Waals surface area (Å²) < 4.78 is 5.08. The molecular formula is C10H18N2O2. The van der Waals surface area contributed by atoms with Crippen LogP contribution in [0.3, 0.4) is 0 Å². The number of piperidine rings is 1. The van der Waals surface area contributed by atoms with Crippen LogP contribution in [0.1, 0.15) is 25.7 Å². The van der Waals surface area contributed by atoms with Gasteiger partial charge in [0.2, 0.25) is 0 Å². The van der Waals surface area contributed by atoms with Gasteiger partial charge >= 0.3 is 6.09 Å². The third-order valence-corrected chi connectivity index (χ3v) is 2.96. The van der Waals surface area contributed by atoms with Crippen molar-refractivity contribution in [1.29, 1.82) is 0 Å². The monoisotopic (exact) mass is 198 g/mol. The molecule has 2 aliphatic heterocycles. The molecule has 2 aliphatic rings. The first-order valence-electron chi connectivity index (χ1n) is 5.51. The maximum atomic E-state index is 10.8. The smallest absolute Gasteiger partial charge is 0.407 e. The second-order valence-electron chi connectivity index (χ2n) is 4.10. The zero-order valence-electron chi connectivity index (χ0n) is 8.50. The maximum absolute atomic E-state index is 10.8. The highest BCUT2D eigenvalue weighted by molar-refractivity contribution is 5.69. The molecular weight excluding hydrogens is 180 g/mol. The Morgan fingerprint density at radius 1 is 1.36 bits per heavy atom. The molecule has 0 bridgehead atoms. The first-order valence-corrected chi connectivity index (χ1v) is 5.51. The van der Waals surface area contributed by atoms with Gasteiger partial charge in [-0.25, -0.2) is 4.79 Å². The molecule has 2 fully saturated rings. The standard InChI is InChI=1S/C10H18N2O2/c13-10-11-8-9(14-10)4-7-12-5-2-1-3-6-12/h9H,1-8H2,(H,11,13). The molecule has 0 aliphatic carbocycles. The lowest BCUT2D eigenvalue weighted by molar-refractivity contribution is 0.121. The van der Waals surface area contributed by atoms with Crippen molar-refractivity contribution >= 4 is 6.09 Å². The van der Waals surface area contributed by atoms with Crippen molar-refractivity contribution in [1.82, 2.24) is 10.2 Å². The second-order valence-corrected chi connectivity index (χ2v) is 4.10. The van der Waals surface area contributed by atoms with Crippen molar-refractivity contribution in [3.05, 3.63) is 0 Å². The van der Waals surface area contributed by atoms with Gasteiger partial charge in [0, 0.05) is 6.54 Å². The van der Waals surface area contributed by atoms with Crippen LogP contribution in [0.4, 0.5) is 4.79 Å². The lowest BCUT2D eigenvalue weighted by atomic mass is 10.1. The normalized spacial score (nSPS) is 28.6. The number of carbonyl (C=O) groups is 1. The number of alkyl carbamates (subject to hydrolysis) is 1. The van der Waals surface area contributed by atoms with Crippen molar-refractivity contribution < 1.29 is 9.53 Å². The predicted octanol–water partition coefficient (Wildman–Crippen LogP) is 0.971. The molecule has 2 saturated heterocycles. The van der Waals surface area contributed by atoms with E-state index in [0.717, 1.165) is 13.0 Å². The maximum Gasteiger partial charge on any atom is 0.407 e. The van der Waals surface area contributed by atoms with Crippen LogP contribution in [0.25, 0.3) is 0 Å². The number of nitrogens with zero attached hydrogens (tertiary/aromatic N) is 1. The van der Waals surface area contributed by atoms with Crippen molar-refractivity contribution in [2.75, 3.05) is 26.2 Å². The number of rotatable bonds is 3. The fourth-order valence-electron chi connectivity index (χ4n) is 2.10. The van der Waals surface area contributed by atoms with Crippen LogP contribution in [0.5, 0.6) is 0 Å². The third-order valence-electron chi connectivity index (χ3n) is 2.96. The molecule has 1 unspecified atom stereocenters. The number of cyclic esters (lactones) is 1. The fraction of sp³-hybridized carbons (Fsp3) is 0.900. The van der Waals surface area contributed by atoms with Crippen molar-refractivity contribution in [3.8, 4) is 0 Å². The summed E-state index contributed by atoms with van der Waals surface area (Å²) in [6, 6.07) is 0. The first-order chi connectivity index (χ1) is 6.84. The number of hydrogen-bond donors (Lipinski definition) is 1. The fourth-order valence-corrected chi connectivity index (χ4v) is 2.10. The van der Waals surface area contributed by atoms with Gasteiger partial charge in [0.1, 0.15) is 6.10 Å². The molecule has 0 spiro atoms. The molecule has 4 nitrogen and oxygen atoms in total. The third kappa shape index (κ3) is 2.61. The summed E-state index contributed by atoms with van der Waals surface area (Å²) in [7, 11) is 0. The zero-order valence-corrected chi connectivity index (χ0v) is 8.50. The summed E-state index contributed by atoms with van der Waals surface area (Å²) in [5.74, 6) is 0. The summed E-state index contributed by atoms with van der Waals surface area (Å²) in [6.07, 6.45) is 4.83. The van der Waals surface area contributed by atoms with E-state index in [9.17, 15) is 4.79 Å². The number of ether oxygens (including phenoxy) is 1. The van der Waals surface area contributed by atoms with Crippen molar-refractivity contribution in [2.24, 2.45) is 0 Å². The number of hydrogen-bond acceptors (Lipinski definition) is 3. The minimum atomic E-state index is -0.256. The quantitative estimate of drug-likeness (QED) is 0.734. The van der Waals surface area contributed by atoms with Gasteiger partial charge in [-0.05, 0) is 32.4 Å². The van der Waals surface area contributed by atoms with Gasteiger partial charge in [-0.2, -0.15) is 0 Å². The lowest BCUT2D eigenvalue weighted by Gasteiger charge is -2.26. The van der Waals surface area contributed by atoms with Gasteiger partial charge in [0.25, 0.3) is 0 Å². The zero-order chi connectivity index (χ0) is 9.80. The lowest BCUT2D eigenvalue weighted by Crippen LogP contribution is -2.32. The van der Waals surface area contributed by atoms with Crippen LogP contribution in [0.2, 0.25) is 0 Å². The average molecular weight is 198 g/mol. The summed E-state index contributed by atoms with van der Waals surface area (Å²) in [4.78, 5) is 13.2. The Hall–Kier alpha value is -0.770.